The molecule has 0 atom stereocenters. The number of ether oxygens (including phenoxy) is 3. The quantitative estimate of drug-likeness (QED) is 0.548. The Kier molecular flexibility index (Phi) is 7.32. The van der Waals surface area contributed by atoms with E-state index in [0.717, 1.165) is 11.3 Å². The molecule has 158 valence electrons. The van der Waals surface area contributed by atoms with Gasteiger partial charge >= 0.3 is 0 Å². The SMILES string of the molecule is CCOc1cc(CNC(=O)c2cnn(-c3ccccc3)c2)cc(OCC)c1OCC. The molecule has 1 aromatic heterocycles. The van der Waals surface area contributed by atoms with Crippen LogP contribution >= 0.6 is 0 Å². The summed E-state index contributed by atoms with van der Waals surface area (Å²) in [4.78, 5) is 12.6. The van der Waals surface area contributed by atoms with Gasteiger partial charge in [0, 0.05) is 12.7 Å². The van der Waals surface area contributed by atoms with Crippen LogP contribution in [0, 0.1) is 0 Å². The van der Waals surface area contributed by atoms with Crippen molar-refractivity contribution < 1.29 is 19.0 Å². The van der Waals surface area contributed by atoms with Gasteiger partial charge in [-0.2, -0.15) is 5.10 Å². The van der Waals surface area contributed by atoms with Crippen molar-refractivity contribution in [3.63, 3.8) is 0 Å². The van der Waals surface area contributed by atoms with Gasteiger partial charge in [0.25, 0.3) is 5.91 Å². The van der Waals surface area contributed by atoms with Crippen molar-refractivity contribution in [2.45, 2.75) is 27.3 Å². The minimum atomic E-state index is -0.206. The van der Waals surface area contributed by atoms with E-state index in [2.05, 4.69) is 10.4 Å². The minimum Gasteiger partial charge on any atom is -0.490 e. The van der Waals surface area contributed by atoms with E-state index >= 15 is 0 Å². The summed E-state index contributed by atoms with van der Waals surface area (Å²) >= 11 is 0. The number of rotatable bonds is 10. The highest BCUT2D eigenvalue weighted by Crippen LogP contribution is 2.39. The predicted molar refractivity (Wildman–Crippen MR) is 115 cm³/mol. The molecule has 0 aliphatic carbocycles. The van der Waals surface area contributed by atoms with Gasteiger partial charge in [0.15, 0.2) is 11.5 Å². The summed E-state index contributed by atoms with van der Waals surface area (Å²) in [7, 11) is 0. The number of benzene rings is 2. The number of hydrogen-bond donors (Lipinski definition) is 1. The summed E-state index contributed by atoms with van der Waals surface area (Å²) in [5, 5.41) is 7.20. The summed E-state index contributed by atoms with van der Waals surface area (Å²) in [5.41, 5.74) is 2.24. The Balaban J connectivity index is 1.74. The molecule has 2 aromatic carbocycles. The second-order valence-electron chi connectivity index (χ2n) is 6.41. The van der Waals surface area contributed by atoms with Gasteiger partial charge < -0.3 is 19.5 Å². The molecule has 3 aromatic rings. The molecular weight excluding hydrogens is 382 g/mol. The lowest BCUT2D eigenvalue weighted by Gasteiger charge is -2.17. The number of nitrogens with one attached hydrogen (secondary N) is 1. The molecule has 1 heterocycles. The Morgan fingerprint density at radius 3 is 2.20 bits per heavy atom. The molecule has 0 aliphatic rings. The third kappa shape index (κ3) is 5.11. The zero-order valence-electron chi connectivity index (χ0n) is 17.6. The molecule has 0 unspecified atom stereocenters. The van der Waals surface area contributed by atoms with Crippen LogP contribution in [0.4, 0.5) is 0 Å². The van der Waals surface area contributed by atoms with Gasteiger partial charge in [0.2, 0.25) is 5.75 Å². The van der Waals surface area contributed by atoms with Crippen LogP contribution in [0.15, 0.2) is 54.9 Å². The second-order valence-corrected chi connectivity index (χ2v) is 6.41. The molecule has 0 aliphatic heterocycles. The first-order valence-electron chi connectivity index (χ1n) is 10.1. The normalized spacial score (nSPS) is 10.5. The average Bonchev–Trinajstić information content (AvgIpc) is 3.26. The summed E-state index contributed by atoms with van der Waals surface area (Å²) < 4.78 is 18.9. The predicted octanol–water partition coefficient (Wildman–Crippen LogP) is 4.00. The number of para-hydroxylation sites is 1. The molecule has 30 heavy (non-hydrogen) atoms. The van der Waals surface area contributed by atoms with Crippen molar-refractivity contribution in [2.24, 2.45) is 0 Å². The average molecular weight is 409 g/mol. The van der Waals surface area contributed by atoms with Gasteiger partial charge in [0.1, 0.15) is 0 Å². The van der Waals surface area contributed by atoms with Crippen molar-refractivity contribution in [1.29, 1.82) is 0 Å². The smallest absolute Gasteiger partial charge is 0.254 e. The number of nitrogens with zero attached hydrogens (tertiary/aromatic N) is 2. The van der Waals surface area contributed by atoms with Crippen LogP contribution in [-0.4, -0.2) is 35.5 Å². The molecule has 7 heteroatoms. The van der Waals surface area contributed by atoms with E-state index in [4.69, 9.17) is 14.2 Å². The Morgan fingerprint density at radius 2 is 1.60 bits per heavy atom. The first kappa shape index (κ1) is 21.2. The number of carbonyl (C=O) groups excluding carboxylic acids is 1. The largest absolute Gasteiger partial charge is 0.490 e. The minimum absolute atomic E-state index is 0.206. The van der Waals surface area contributed by atoms with Crippen molar-refractivity contribution in [3.05, 3.63) is 66.0 Å². The topological polar surface area (TPSA) is 74.6 Å². The molecular formula is C23H27N3O4. The molecule has 0 radical (unpaired) electrons. The van der Waals surface area contributed by atoms with Crippen LogP contribution in [0.1, 0.15) is 36.7 Å². The monoisotopic (exact) mass is 409 g/mol. The third-order valence-corrected chi connectivity index (χ3v) is 4.29. The maximum Gasteiger partial charge on any atom is 0.254 e. The van der Waals surface area contributed by atoms with Crippen molar-refractivity contribution in [3.8, 4) is 22.9 Å². The molecule has 7 nitrogen and oxygen atoms in total. The van der Waals surface area contributed by atoms with E-state index in [1.54, 1.807) is 17.1 Å². The first-order chi connectivity index (χ1) is 14.7. The van der Waals surface area contributed by atoms with Crippen molar-refractivity contribution in [2.75, 3.05) is 19.8 Å². The molecule has 0 bridgehead atoms. The maximum absolute atomic E-state index is 12.6. The molecule has 3 rings (SSSR count). The number of amides is 1. The molecule has 0 fully saturated rings. The standard InChI is InChI=1S/C23H27N3O4/c1-4-28-20-12-17(13-21(29-5-2)22(20)30-6-3)14-24-23(27)18-15-25-26(16-18)19-10-8-7-9-11-19/h7-13,15-16H,4-6,14H2,1-3H3,(H,24,27). The molecule has 0 saturated carbocycles. The molecule has 0 spiro atoms. The van der Waals surface area contributed by atoms with Crippen LogP contribution in [0.2, 0.25) is 0 Å². The number of carbonyl (C=O) groups is 1. The van der Waals surface area contributed by atoms with E-state index in [1.807, 2.05) is 63.2 Å². The summed E-state index contributed by atoms with van der Waals surface area (Å²) in [6, 6.07) is 13.4. The highest BCUT2D eigenvalue weighted by atomic mass is 16.5. The maximum atomic E-state index is 12.6. The van der Waals surface area contributed by atoms with E-state index in [1.165, 1.54) is 0 Å². The van der Waals surface area contributed by atoms with Crippen molar-refractivity contribution in [1.82, 2.24) is 15.1 Å². The lowest BCUT2D eigenvalue weighted by molar-refractivity contribution is 0.0950. The third-order valence-electron chi connectivity index (χ3n) is 4.29. The van der Waals surface area contributed by atoms with Gasteiger partial charge in [-0.3, -0.25) is 4.79 Å². The molecule has 1 N–H and O–H groups in total. The van der Waals surface area contributed by atoms with Crippen LogP contribution in [-0.2, 0) is 6.54 Å². The highest BCUT2D eigenvalue weighted by molar-refractivity contribution is 5.93. The number of aromatic nitrogens is 2. The van der Waals surface area contributed by atoms with E-state index in [-0.39, 0.29) is 5.91 Å². The van der Waals surface area contributed by atoms with E-state index < -0.39 is 0 Å². The van der Waals surface area contributed by atoms with E-state index in [9.17, 15) is 4.79 Å². The Morgan fingerprint density at radius 1 is 0.967 bits per heavy atom. The lowest BCUT2D eigenvalue weighted by Crippen LogP contribution is -2.22. The fourth-order valence-corrected chi connectivity index (χ4v) is 2.99. The van der Waals surface area contributed by atoms with Gasteiger partial charge in [-0.15, -0.1) is 0 Å². The van der Waals surface area contributed by atoms with Crippen LogP contribution < -0.4 is 19.5 Å². The fourth-order valence-electron chi connectivity index (χ4n) is 2.99. The highest BCUT2D eigenvalue weighted by Gasteiger charge is 2.16. The summed E-state index contributed by atoms with van der Waals surface area (Å²) in [5.74, 6) is 1.58. The van der Waals surface area contributed by atoms with Crippen LogP contribution in [0.3, 0.4) is 0 Å². The van der Waals surface area contributed by atoms with E-state index in [0.29, 0.717) is 49.2 Å². The second kappa shape index (κ2) is 10.3. The fraction of sp³-hybridized carbons (Fsp3) is 0.304. The lowest BCUT2D eigenvalue weighted by atomic mass is 10.1. The first-order valence-corrected chi connectivity index (χ1v) is 10.1. The molecule has 1 amide bonds. The Hall–Kier alpha value is -3.48. The van der Waals surface area contributed by atoms with Gasteiger partial charge in [-0.1, -0.05) is 18.2 Å². The summed E-state index contributed by atoms with van der Waals surface area (Å²) in [6.07, 6.45) is 3.26. The van der Waals surface area contributed by atoms with Gasteiger partial charge in [-0.25, -0.2) is 4.68 Å². The molecule has 0 saturated heterocycles. The zero-order valence-corrected chi connectivity index (χ0v) is 17.6. The number of hydrogen-bond acceptors (Lipinski definition) is 5. The van der Waals surface area contributed by atoms with Crippen LogP contribution in [0.25, 0.3) is 5.69 Å². The Bertz CT molecular complexity index is 943. The van der Waals surface area contributed by atoms with Crippen LogP contribution in [0.5, 0.6) is 17.2 Å². The Labute approximate surface area is 176 Å². The summed E-state index contributed by atoms with van der Waals surface area (Å²) in [6.45, 7) is 7.56. The van der Waals surface area contributed by atoms with Crippen molar-refractivity contribution >= 4 is 5.91 Å². The van der Waals surface area contributed by atoms with Gasteiger partial charge in [0.05, 0.1) is 37.3 Å². The zero-order chi connectivity index (χ0) is 21.3. The van der Waals surface area contributed by atoms with Gasteiger partial charge in [-0.05, 0) is 50.6 Å².